The molecule has 0 saturated carbocycles. The first-order valence-electron chi connectivity index (χ1n) is 8.07. The average Bonchev–Trinajstić information content (AvgIpc) is 3.24. The van der Waals surface area contributed by atoms with Gasteiger partial charge in [-0.3, -0.25) is 10.1 Å². The number of H-pyrrole nitrogens is 1. The zero-order chi connectivity index (χ0) is 19.2. The first-order valence-corrected chi connectivity index (χ1v) is 10.3. The lowest BCUT2D eigenvalue weighted by atomic mass is 10.2. The zero-order valence-electron chi connectivity index (χ0n) is 14.6. The Balaban J connectivity index is 1.66. The number of carbonyl (C=O) groups excluding carboxylic acids is 1. The molecule has 0 atom stereocenters. The van der Waals surface area contributed by atoms with Crippen LogP contribution in [0.4, 0.5) is 5.13 Å². The molecule has 2 aromatic heterocycles. The van der Waals surface area contributed by atoms with Gasteiger partial charge in [-0.2, -0.15) is 0 Å². The SMILES string of the molecule is CN(C)S(=O)(=O)c1ccc2nc(NC(=O)c3c[nH]c4ccccc34)sc2c1. The van der Waals surface area contributed by atoms with Crippen LogP contribution in [0.3, 0.4) is 0 Å². The molecule has 0 aliphatic heterocycles. The van der Waals surface area contributed by atoms with E-state index in [9.17, 15) is 13.2 Å². The van der Waals surface area contributed by atoms with Crippen molar-refractivity contribution in [2.75, 3.05) is 19.4 Å². The zero-order valence-corrected chi connectivity index (χ0v) is 16.2. The first-order chi connectivity index (χ1) is 12.9. The predicted octanol–water partition coefficient (Wildman–Crippen LogP) is 3.28. The summed E-state index contributed by atoms with van der Waals surface area (Å²) in [5.41, 5.74) is 2.04. The van der Waals surface area contributed by atoms with E-state index >= 15 is 0 Å². The third-order valence-corrected chi connectivity index (χ3v) is 6.94. The number of para-hydroxylation sites is 1. The minimum atomic E-state index is -3.52. The van der Waals surface area contributed by atoms with E-state index < -0.39 is 10.0 Å². The summed E-state index contributed by atoms with van der Waals surface area (Å²) < 4.78 is 26.4. The molecular weight excluding hydrogens is 384 g/mol. The third kappa shape index (κ3) is 3.09. The third-order valence-electron chi connectivity index (χ3n) is 4.19. The highest BCUT2D eigenvalue weighted by atomic mass is 32.2. The molecule has 0 saturated heterocycles. The fourth-order valence-corrected chi connectivity index (χ4v) is 4.66. The van der Waals surface area contributed by atoms with Crippen LogP contribution in [-0.4, -0.2) is 42.7 Å². The van der Waals surface area contributed by atoms with Crippen LogP contribution >= 0.6 is 11.3 Å². The average molecular weight is 400 g/mol. The van der Waals surface area contributed by atoms with E-state index in [1.165, 1.54) is 31.5 Å². The van der Waals surface area contributed by atoms with Crippen molar-refractivity contribution in [1.82, 2.24) is 14.3 Å². The van der Waals surface area contributed by atoms with Gasteiger partial charge in [-0.1, -0.05) is 29.5 Å². The van der Waals surface area contributed by atoms with Crippen molar-refractivity contribution in [3.05, 3.63) is 54.2 Å². The molecule has 7 nitrogen and oxygen atoms in total. The van der Waals surface area contributed by atoms with Gasteiger partial charge in [0.1, 0.15) is 0 Å². The van der Waals surface area contributed by atoms with Crippen LogP contribution in [-0.2, 0) is 10.0 Å². The number of hydrogen-bond donors (Lipinski definition) is 2. The Morgan fingerprint density at radius 1 is 1.19 bits per heavy atom. The Hall–Kier alpha value is -2.75. The number of rotatable bonds is 4. The molecule has 0 bridgehead atoms. The molecule has 0 fully saturated rings. The molecule has 27 heavy (non-hydrogen) atoms. The molecule has 0 aliphatic carbocycles. The second-order valence-electron chi connectivity index (χ2n) is 6.14. The number of anilines is 1. The fraction of sp³-hybridized carbons (Fsp3) is 0.111. The molecule has 1 amide bonds. The molecule has 0 radical (unpaired) electrons. The number of fused-ring (bicyclic) bond motifs is 2. The fourth-order valence-electron chi connectivity index (χ4n) is 2.75. The highest BCUT2D eigenvalue weighted by Crippen LogP contribution is 2.29. The van der Waals surface area contributed by atoms with Crippen LogP contribution in [0.2, 0.25) is 0 Å². The van der Waals surface area contributed by atoms with Crippen molar-refractivity contribution < 1.29 is 13.2 Å². The highest BCUT2D eigenvalue weighted by Gasteiger charge is 2.19. The number of benzene rings is 2. The molecule has 4 aromatic rings. The summed E-state index contributed by atoms with van der Waals surface area (Å²) in [6.07, 6.45) is 1.66. The normalized spacial score (nSPS) is 12.1. The van der Waals surface area contributed by atoms with Crippen LogP contribution < -0.4 is 5.32 Å². The van der Waals surface area contributed by atoms with Gasteiger partial charge in [-0.15, -0.1) is 0 Å². The second-order valence-corrected chi connectivity index (χ2v) is 9.32. The molecule has 0 spiro atoms. The predicted molar refractivity (Wildman–Crippen MR) is 107 cm³/mol. The number of amides is 1. The molecule has 0 unspecified atom stereocenters. The van der Waals surface area contributed by atoms with E-state index in [1.807, 2.05) is 24.3 Å². The Morgan fingerprint density at radius 2 is 1.96 bits per heavy atom. The minimum Gasteiger partial charge on any atom is -0.360 e. The van der Waals surface area contributed by atoms with Gasteiger partial charge in [0.05, 0.1) is 20.7 Å². The lowest BCUT2D eigenvalue weighted by Gasteiger charge is -2.10. The summed E-state index contributed by atoms with van der Waals surface area (Å²) in [6.45, 7) is 0. The smallest absolute Gasteiger partial charge is 0.259 e. The van der Waals surface area contributed by atoms with Crippen LogP contribution in [0, 0.1) is 0 Å². The van der Waals surface area contributed by atoms with Gasteiger partial charge >= 0.3 is 0 Å². The molecule has 9 heteroatoms. The standard InChI is InChI=1S/C18H16N4O3S2/c1-22(2)27(24,25)11-7-8-15-16(9-11)26-18(20-15)21-17(23)13-10-19-14-6-4-3-5-12(13)14/h3-10,19H,1-2H3,(H,20,21,23). The Morgan fingerprint density at radius 3 is 2.74 bits per heavy atom. The summed E-state index contributed by atoms with van der Waals surface area (Å²) in [5.74, 6) is -0.271. The van der Waals surface area contributed by atoms with Crippen LogP contribution in [0.15, 0.2) is 53.6 Å². The number of carbonyl (C=O) groups is 1. The molecule has 2 aromatic carbocycles. The van der Waals surface area contributed by atoms with Gasteiger partial charge in [-0.25, -0.2) is 17.7 Å². The van der Waals surface area contributed by atoms with E-state index in [0.717, 1.165) is 15.2 Å². The van der Waals surface area contributed by atoms with Crippen molar-refractivity contribution in [2.45, 2.75) is 4.90 Å². The maximum absolute atomic E-state index is 12.6. The van der Waals surface area contributed by atoms with Crippen molar-refractivity contribution in [3.8, 4) is 0 Å². The number of aromatic nitrogens is 2. The van der Waals surface area contributed by atoms with Gasteiger partial charge in [0.25, 0.3) is 5.91 Å². The van der Waals surface area contributed by atoms with Crippen LogP contribution in [0.5, 0.6) is 0 Å². The Labute approximate surface area is 159 Å². The van der Waals surface area contributed by atoms with Gasteiger partial charge in [0.15, 0.2) is 5.13 Å². The topological polar surface area (TPSA) is 95.2 Å². The summed E-state index contributed by atoms with van der Waals surface area (Å²) in [7, 11) is -0.551. The number of nitrogens with one attached hydrogen (secondary N) is 2. The van der Waals surface area contributed by atoms with Gasteiger partial charge in [0.2, 0.25) is 10.0 Å². The highest BCUT2D eigenvalue weighted by molar-refractivity contribution is 7.89. The van der Waals surface area contributed by atoms with Gasteiger partial charge in [0, 0.05) is 31.2 Å². The first kappa shape index (κ1) is 17.7. The maximum atomic E-state index is 12.6. The number of thiazole rings is 1. The quantitative estimate of drug-likeness (QED) is 0.550. The van der Waals surface area contributed by atoms with Crippen LogP contribution in [0.1, 0.15) is 10.4 Å². The molecule has 4 rings (SSSR count). The molecular formula is C18H16N4O3S2. The van der Waals surface area contributed by atoms with E-state index in [1.54, 1.807) is 18.3 Å². The molecule has 138 valence electrons. The lowest BCUT2D eigenvalue weighted by molar-refractivity contribution is 0.102. The Bertz CT molecular complexity index is 1270. The number of hydrogen-bond acceptors (Lipinski definition) is 5. The van der Waals surface area contributed by atoms with Gasteiger partial charge < -0.3 is 4.98 Å². The largest absolute Gasteiger partial charge is 0.360 e. The van der Waals surface area contributed by atoms with Crippen molar-refractivity contribution in [1.29, 1.82) is 0 Å². The van der Waals surface area contributed by atoms with E-state index in [-0.39, 0.29) is 10.8 Å². The summed E-state index contributed by atoms with van der Waals surface area (Å²) in [5, 5.41) is 4.04. The monoisotopic (exact) mass is 400 g/mol. The van der Waals surface area contributed by atoms with Crippen molar-refractivity contribution in [2.24, 2.45) is 0 Å². The number of nitrogens with zero attached hydrogens (tertiary/aromatic N) is 2. The number of aromatic amines is 1. The summed E-state index contributed by atoms with van der Waals surface area (Å²) in [4.78, 5) is 20.3. The van der Waals surface area contributed by atoms with Crippen LogP contribution in [0.25, 0.3) is 21.1 Å². The van der Waals surface area contributed by atoms with Gasteiger partial charge in [-0.05, 0) is 24.3 Å². The van der Waals surface area contributed by atoms with E-state index in [2.05, 4.69) is 15.3 Å². The second kappa shape index (κ2) is 6.45. The molecule has 0 aliphatic rings. The summed E-state index contributed by atoms with van der Waals surface area (Å²) in [6, 6.07) is 12.3. The maximum Gasteiger partial charge on any atom is 0.259 e. The molecule has 2 N–H and O–H groups in total. The summed E-state index contributed by atoms with van der Waals surface area (Å²) >= 11 is 1.23. The number of sulfonamides is 1. The van der Waals surface area contributed by atoms with E-state index in [0.29, 0.717) is 20.9 Å². The van der Waals surface area contributed by atoms with Crippen molar-refractivity contribution in [3.63, 3.8) is 0 Å². The molecule has 2 heterocycles. The van der Waals surface area contributed by atoms with Crippen molar-refractivity contribution >= 4 is 53.5 Å². The van der Waals surface area contributed by atoms with E-state index in [4.69, 9.17) is 0 Å². The lowest BCUT2D eigenvalue weighted by Crippen LogP contribution is -2.22. The Kier molecular flexibility index (Phi) is 4.22. The minimum absolute atomic E-state index is 0.193.